The number of amides is 2. The van der Waals surface area contributed by atoms with Crippen molar-refractivity contribution >= 4 is 11.8 Å². The first-order chi connectivity index (χ1) is 11.0. The van der Waals surface area contributed by atoms with Gasteiger partial charge in [-0.3, -0.25) is 20.4 Å². The largest absolute Gasteiger partial charge is 0.481 e. The quantitative estimate of drug-likeness (QED) is 0.825. The minimum atomic E-state index is -0.638. The molecule has 2 N–H and O–H groups in total. The molecule has 0 saturated carbocycles. The summed E-state index contributed by atoms with van der Waals surface area (Å²) in [7, 11) is 0. The number of nitrogens with one attached hydrogen (secondary N) is 2. The zero-order chi connectivity index (χ0) is 16.7. The second-order valence-corrected chi connectivity index (χ2v) is 4.62. The second kappa shape index (κ2) is 7.88. The molecule has 0 aliphatic rings. The van der Waals surface area contributed by atoms with Crippen molar-refractivity contribution in [1.82, 2.24) is 10.9 Å². The molecule has 0 heterocycles. The van der Waals surface area contributed by atoms with Crippen LogP contribution in [0.25, 0.3) is 0 Å². The van der Waals surface area contributed by atoms with Crippen LogP contribution in [0.3, 0.4) is 0 Å². The summed E-state index contributed by atoms with van der Waals surface area (Å²) in [6, 6.07) is 11.1. The molecule has 2 aromatic carbocycles. The molecule has 0 unspecified atom stereocenters. The van der Waals surface area contributed by atoms with Gasteiger partial charge in [0.15, 0.2) is 18.2 Å². The molecular formula is C16H14F2N2O3. The number of para-hydroxylation sites is 1. The van der Waals surface area contributed by atoms with Crippen molar-refractivity contribution in [2.75, 3.05) is 6.61 Å². The normalized spacial score (nSPS) is 10.0. The Morgan fingerprint density at radius 1 is 0.913 bits per heavy atom. The number of hydrogen-bond donors (Lipinski definition) is 2. The first-order valence-electron chi connectivity index (χ1n) is 6.74. The smallest absolute Gasteiger partial charge is 0.276 e. The molecule has 0 fully saturated rings. The van der Waals surface area contributed by atoms with Gasteiger partial charge in [-0.2, -0.15) is 0 Å². The standard InChI is InChI=1S/C16H14F2N2O3/c17-12-7-5-11(6-8-12)9-15(21)19-20-16(22)10-23-14-4-2-1-3-13(14)18/h1-8H,9-10H2,(H,19,21)(H,20,22). The molecule has 23 heavy (non-hydrogen) atoms. The average molecular weight is 320 g/mol. The highest BCUT2D eigenvalue weighted by atomic mass is 19.1. The number of carbonyl (C=O) groups excluding carboxylic acids is 2. The highest BCUT2D eigenvalue weighted by Crippen LogP contribution is 2.14. The highest BCUT2D eigenvalue weighted by molar-refractivity contribution is 5.83. The predicted molar refractivity (Wildman–Crippen MR) is 78.3 cm³/mol. The fourth-order valence-electron chi connectivity index (χ4n) is 1.71. The minimum Gasteiger partial charge on any atom is -0.481 e. The lowest BCUT2D eigenvalue weighted by Gasteiger charge is -2.09. The minimum absolute atomic E-state index is 0.0191. The zero-order valence-corrected chi connectivity index (χ0v) is 12.0. The van der Waals surface area contributed by atoms with Gasteiger partial charge < -0.3 is 4.74 Å². The van der Waals surface area contributed by atoms with Crippen molar-refractivity contribution in [1.29, 1.82) is 0 Å². The maximum atomic E-state index is 13.3. The van der Waals surface area contributed by atoms with Crippen molar-refractivity contribution in [3.8, 4) is 5.75 Å². The third kappa shape index (κ3) is 5.39. The first kappa shape index (κ1) is 16.4. The fourth-order valence-corrected chi connectivity index (χ4v) is 1.71. The van der Waals surface area contributed by atoms with Gasteiger partial charge in [-0.25, -0.2) is 8.78 Å². The van der Waals surface area contributed by atoms with Crippen LogP contribution in [-0.2, 0) is 16.0 Å². The Balaban J connectivity index is 1.72. The van der Waals surface area contributed by atoms with Gasteiger partial charge in [-0.05, 0) is 29.8 Å². The summed E-state index contributed by atoms with van der Waals surface area (Å²) >= 11 is 0. The third-order valence-corrected chi connectivity index (χ3v) is 2.81. The van der Waals surface area contributed by atoms with E-state index in [4.69, 9.17) is 4.74 Å². The average Bonchev–Trinajstić information content (AvgIpc) is 2.54. The molecule has 0 aromatic heterocycles. The van der Waals surface area contributed by atoms with Gasteiger partial charge in [0.05, 0.1) is 6.42 Å². The molecule has 7 heteroatoms. The molecule has 0 atom stereocenters. The number of rotatable bonds is 5. The Labute approximate surface area is 131 Å². The zero-order valence-electron chi connectivity index (χ0n) is 12.0. The van der Waals surface area contributed by atoms with Gasteiger partial charge in [-0.1, -0.05) is 24.3 Å². The van der Waals surface area contributed by atoms with Crippen molar-refractivity contribution < 1.29 is 23.1 Å². The van der Waals surface area contributed by atoms with E-state index in [1.54, 1.807) is 6.07 Å². The van der Waals surface area contributed by atoms with E-state index in [0.717, 1.165) is 0 Å². The molecule has 2 aromatic rings. The summed E-state index contributed by atoms with van der Waals surface area (Å²) in [4.78, 5) is 23.1. The number of hydrogen-bond acceptors (Lipinski definition) is 3. The highest BCUT2D eigenvalue weighted by Gasteiger charge is 2.08. The number of benzene rings is 2. The summed E-state index contributed by atoms with van der Waals surface area (Å²) in [6.45, 7) is -0.447. The Kier molecular flexibility index (Phi) is 5.62. The van der Waals surface area contributed by atoms with E-state index in [9.17, 15) is 18.4 Å². The van der Waals surface area contributed by atoms with Crippen LogP contribution in [0, 0.1) is 11.6 Å². The monoisotopic (exact) mass is 320 g/mol. The number of halogens is 2. The Bertz CT molecular complexity index is 690. The van der Waals surface area contributed by atoms with Gasteiger partial charge >= 0.3 is 0 Å². The Hall–Kier alpha value is -2.96. The van der Waals surface area contributed by atoms with E-state index in [1.165, 1.54) is 42.5 Å². The molecule has 0 aliphatic carbocycles. The van der Waals surface area contributed by atoms with Gasteiger partial charge in [0, 0.05) is 0 Å². The first-order valence-corrected chi connectivity index (χ1v) is 6.74. The van der Waals surface area contributed by atoms with E-state index in [0.29, 0.717) is 5.56 Å². The van der Waals surface area contributed by atoms with Crippen LogP contribution in [0.15, 0.2) is 48.5 Å². The molecule has 0 radical (unpaired) electrons. The molecule has 0 spiro atoms. The van der Waals surface area contributed by atoms with Crippen molar-refractivity contribution in [2.24, 2.45) is 0 Å². The van der Waals surface area contributed by atoms with Crippen LogP contribution < -0.4 is 15.6 Å². The second-order valence-electron chi connectivity index (χ2n) is 4.62. The van der Waals surface area contributed by atoms with E-state index in [2.05, 4.69) is 10.9 Å². The van der Waals surface area contributed by atoms with E-state index < -0.39 is 30.1 Å². The summed E-state index contributed by atoms with van der Waals surface area (Å²) in [5.41, 5.74) is 4.93. The van der Waals surface area contributed by atoms with Crippen molar-refractivity contribution in [3.63, 3.8) is 0 Å². The van der Waals surface area contributed by atoms with E-state index in [1.807, 2.05) is 0 Å². The van der Waals surface area contributed by atoms with Crippen LogP contribution in [-0.4, -0.2) is 18.4 Å². The molecule has 0 saturated heterocycles. The molecule has 0 aliphatic heterocycles. The molecule has 5 nitrogen and oxygen atoms in total. The fraction of sp³-hybridized carbons (Fsp3) is 0.125. The lowest BCUT2D eigenvalue weighted by Crippen LogP contribution is -2.44. The Morgan fingerprint density at radius 2 is 1.57 bits per heavy atom. The molecular weight excluding hydrogens is 306 g/mol. The molecule has 2 amide bonds. The summed E-state index contributed by atoms with van der Waals surface area (Å²) in [5.74, 6) is -2.15. The summed E-state index contributed by atoms with van der Waals surface area (Å²) < 4.78 is 31.0. The number of hydrazine groups is 1. The summed E-state index contributed by atoms with van der Waals surface area (Å²) in [6.07, 6.45) is -0.0191. The van der Waals surface area contributed by atoms with Crippen LogP contribution in [0.4, 0.5) is 8.78 Å². The van der Waals surface area contributed by atoms with E-state index in [-0.39, 0.29) is 12.2 Å². The van der Waals surface area contributed by atoms with Crippen LogP contribution in [0.2, 0.25) is 0 Å². The summed E-state index contributed by atoms with van der Waals surface area (Å²) in [5, 5.41) is 0. The SMILES string of the molecule is O=C(COc1ccccc1F)NNC(=O)Cc1ccc(F)cc1. The van der Waals surface area contributed by atoms with Gasteiger partial charge in [-0.15, -0.1) is 0 Å². The van der Waals surface area contributed by atoms with Gasteiger partial charge in [0.25, 0.3) is 5.91 Å². The number of ether oxygens (including phenoxy) is 1. The van der Waals surface area contributed by atoms with E-state index >= 15 is 0 Å². The predicted octanol–water partition coefficient (Wildman–Crippen LogP) is 1.73. The topological polar surface area (TPSA) is 67.4 Å². The lowest BCUT2D eigenvalue weighted by atomic mass is 10.1. The van der Waals surface area contributed by atoms with Gasteiger partial charge in [0.2, 0.25) is 5.91 Å². The van der Waals surface area contributed by atoms with Crippen LogP contribution in [0.5, 0.6) is 5.75 Å². The van der Waals surface area contributed by atoms with Crippen LogP contribution >= 0.6 is 0 Å². The molecule has 0 bridgehead atoms. The maximum Gasteiger partial charge on any atom is 0.276 e. The van der Waals surface area contributed by atoms with Gasteiger partial charge in [0.1, 0.15) is 5.82 Å². The molecule has 120 valence electrons. The Morgan fingerprint density at radius 3 is 2.26 bits per heavy atom. The number of carbonyl (C=O) groups is 2. The third-order valence-electron chi connectivity index (χ3n) is 2.81. The lowest BCUT2D eigenvalue weighted by molar-refractivity contribution is -0.129. The van der Waals surface area contributed by atoms with Crippen LogP contribution in [0.1, 0.15) is 5.56 Å². The van der Waals surface area contributed by atoms with Crippen molar-refractivity contribution in [3.05, 3.63) is 65.7 Å². The maximum absolute atomic E-state index is 13.3. The molecule has 2 rings (SSSR count). The van der Waals surface area contributed by atoms with Crippen molar-refractivity contribution in [2.45, 2.75) is 6.42 Å².